The first-order valence-corrected chi connectivity index (χ1v) is 8.46. The van der Waals surface area contributed by atoms with Gasteiger partial charge in [-0.1, -0.05) is 12.1 Å². The van der Waals surface area contributed by atoms with Crippen LogP contribution in [-0.2, 0) is 19.1 Å². The Labute approximate surface area is 154 Å². The standard InChI is InChI=1S/C19H19F3N2O3/c20-19(21,22)15-4-1-13(2-5-15)7-8-23-18(26)24-9-10-27-17-11-16(25)6-3-14(17)12-24/h1-6,11,25H,7-10,12H2,(H,23,26). The van der Waals surface area contributed by atoms with E-state index in [4.69, 9.17) is 4.74 Å². The fourth-order valence-corrected chi connectivity index (χ4v) is 2.82. The number of nitrogens with zero attached hydrogens (tertiary/aromatic N) is 1. The maximum atomic E-state index is 12.6. The fraction of sp³-hybridized carbons (Fsp3) is 0.316. The van der Waals surface area contributed by atoms with Gasteiger partial charge < -0.3 is 20.1 Å². The average Bonchev–Trinajstić information content (AvgIpc) is 2.83. The highest BCUT2D eigenvalue weighted by atomic mass is 19.4. The Balaban J connectivity index is 1.52. The third-order valence-corrected chi connectivity index (χ3v) is 4.29. The first kappa shape index (κ1) is 18.9. The van der Waals surface area contributed by atoms with Gasteiger partial charge in [0.15, 0.2) is 0 Å². The maximum Gasteiger partial charge on any atom is 0.416 e. The predicted molar refractivity (Wildman–Crippen MR) is 92.6 cm³/mol. The normalized spacial score (nSPS) is 14.1. The lowest BCUT2D eigenvalue weighted by Gasteiger charge is -2.20. The van der Waals surface area contributed by atoms with Crippen LogP contribution in [0.25, 0.3) is 0 Å². The molecule has 0 saturated carbocycles. The summed E-state index contributed by atoms with van der Waals surface area (Å²) < 4.78 is 43.2. The lowest BCUT2D eigenvalue weighted by atomic mass is 10.1. The number of ether oxygens (including phenoxy) is 1. The Morgan fingerprint density at radius 2 is 1.93 bits per heavy atom. The summed E-state index contributed by atoms with van der Waals surface area (Å²) >= 11 is 0. The quantitative estimate of drug-likeness (QED) is 0.856. The van der Waals surface area contributed by atoms with Crippen LogP contribution in [-0.4, -0.2) is 35.7 Å². The third kappa shape index (κ3) is 4.84. The van der Waals surface area contributed by atoms with Crippen LogP contribution in [0, 0.1) is 0 Å². The number of rotatable bonds is 3. The summed E-state index contributed by atoms with van der Waals surface area (Å²) in [7, 11) is 0. The van der Waals surface area contributed by atoms with Crippen molar-refractivity contribution in [3.05, 3.63) is 59.2 Å². The molecule has 2 aromatic rings. The molecule has 2 amide bonds. The van der Waals surface area contributed by atoms with E-state index in [9.17, 15) is 23.1 Å². The number of aromatic hydroxyl groups is 1. The molecule has 0 spiro atoms. The summed E-state index contributed by atoms with van der Waals surface area (Å²) in [5.41, 5.74) is 0.816. The van der Waals surface area contributed by atoms with Gasteiger partial charge in [0.1, 0.15) is 18.1 Å². The van der Waals surface area contributed by atoms with Crippen LogP contribution in [0.2, 0.25) is 0 Å². The van der Waals surface area contributed by atoms with Gasteiger partial charge in [0, 0.05) is 18.2 Å². The number of phenolic OH excluding ortho intramolecular Hbond substituents is 1. The molecule has 0 radical (unpaired) electrons. The molecule has 0 saturated heterocycles. The Kier molecular flexibility index (Phi) is 5.43. The summed E-state index contributed by atoms with van der Waals surface area (Å²) in [5, 5.41) is 12.3. The van der Waals surface area contributed by atoms with Crippen molar-refractivity contribution in [1.82, 2.24) is 10.2 Å². The number of hydrogen-bond donors (Lipinski definition) is 2. The number of nitrogens with one attached hydrogen (secondary N) is 1. The lowest BCUT2D eigenvalue weighted by Crippen LogP contribution is -2.41. The fourth-order valence-electron chi connectivity index (χ4n) is 2.82. The van der Waals surface area contributed by atoms with Crippen molar-refractivity contribution >= 4 is 6.03 Å². The van der Waals surface area contributed by atoms with Gasteiger partial charge in [-0.2, -0.15) is 13.2 Å². The summed E-state index contributed by atoms with van der Waals surface area (Å²) in [6.45, 7) is 1.36. The molecule has 144 valence electrons. The highest BCUT2D eigenvalue weighted by Gasteiger charge is 2.29. The molecule has 0 unspecified atom stereocenters. The zero-order chi connectivity index (χ0) is 19.4. The number of urea groups is 1. The zero-order valence-electron chi connectivity index (χ0n) is 14.4. The summed E-state index contributed by atoms with van der Waals surface area (Å²) in [4.78, 5) is 14.0. The van der Waals surface area contributed by atoms with E-state index in [1.165, 1.54) is 24.3 Å². The molecule has 2 aromatic carbocycles. The van der Waals surface area contributed by atoms with Crippen LogP contribution in [0.5, 0.6) is 11.5 Å². The van der Waals surface area contributed by atoms with E-state index in [0.29, 0.717) is 44.0 Å². The van der Waals surface area contributed by atoms with E-state index >= 15 is 0 Å². The van der Waals surface area contributed by atoms with Crippen LogP contribution in [0.4, 0.5) is 18.0 Å². The number of carbonyl (C=O) groups excluding carboxylic acids is 1. The van der Waals surface area contributed by atoms with Gasteiger partial charge in [-0.05, 0) is 36.2 Å². The molecular formula is C19H19F3N2O3. The Hall–Kier alpha value is -2.90. The Morgan fingerprint density at radius 1 is 1.19 bits per heavy atom. The van der Waals surface area contributed by atoms with Gasteiger partial charge in [0.2, 0.25) is 0 Å². The molecule has 2 N–H and O–H groups in total. The molecule has 0 bridgehead atoms. The van der Waals surface area contributed by atoms with Crippen molar-refractivity contribution in [3.63, 3.8) is 0 Å². The zero-order valence-corrected chi connectivity index (χ0v) is 14.4. The Morgan fingerprint density at radius 3 is 2.63 bits per heavy atom. The third-order valence-electron chi connectivity index (χ3n) is 4.29. The van der Waals surface area contributed by atoms with E-state index in [-0.39, 0.29) is 11.8 Å². The number of halogens is 3. The second kappa shape index (κ2) is 7.77. The van der Waals surface area contributed by atoms with E-state index in [2.05, 4.69) is 5.32 Å². The van der Waals surface area contributed by atoms with Crippen LogP contribution < -0.4 is 10.1 Å². The van der Waals surface area contributed by atoms with Gasteiger partial charge in [-0.25, -0.2) is 4.79 Å². The molecule has 0 aromatic heterocycles. The number of benzene rings is 2. The topological polar surface area (TPSA) is 61.8 Å². The molecule has 1 heterocycles. The first-order chi connectivity index (χ1) is 12.8. The van der Waals surface area contributed by atoms with Gasteiger partial charge in [-0.15, -0.1) is 0 Å². The van der Waals surface area contributed by atoms with Crippen LogP contribution in [0.15, 0.2) is 42.5 Å². The number of phenols is 1. The number of carbonyl (C=O) groups is 1. The molecule has 0 aliphatic carbocycles. The molecule has 0 atom stereocenters. The Bertz CT molecular complexity index is 807. The van der Waals surface area contributed by atoms with E-state index in [0.717, 1.165) is 17.7 Å². The van der Waals surface area contributed by atoms with Gasteiger partial charge in [0.05, 0.1) is 18.7 Å². The largest absolute Gasteiger partial charge is 0.508 e. The summed E-state index contributed by atoms with van der Waals surface area (Å²) in [6, 6.07) is 9.39. The van der Waals surface area contributed by atoms with Crippen molar-refractivity contribution in [3.8, 4) is 11.5 Å². The highest BCUT2D eigenvalue weighted by Crippen LogP contribution is 2.29. The molecule has 27 heavy (non-hydrogen) atoms. The van der Waals surface area contributed by atoms with Gasteiger partial charge in [-0.3, -0.25) is 0 Å². The summed E-state index contributed by atoms with van der Waals surface area (Å²) in [5.74, 6) is 0.651. The lowest BCUT2D eigenvalue weighted by molar-refractivity contribution is -0.137. The number of alkyl halides is 3. The molecular weight excluding hydrogens is 361 g/mol. The van der Waals surface area contributed by atoms with Crippen LogP contribution >= 0.6 is 0 Å². The molecule has 5 nitrogen and oxygen atoms in total. The average molecular weight is 380 g/mol. The minimum absolute atomic E-state index is 0.100. The minimum atomic E-state index is -4.35. The molecule has 3 rings (SSSR count). The first-order valence-electron chi connectivity index (χ1n) is 8.46. The van der Waals surface area contributed by atoms with E-state index in [1.54, 1.807) is 11.0 Å². The van der Waals surface area contributed by atoms with E-state index < -0.39 is 11.7 Å². The molecule has 1 aliphatic heterocycles. The van der Waals surface area contributed by atoms with E-state index in [1.807, 2.05) is 0 Å². The highest BCUT2D eigenvalue weighted by molar-refractivity contribution is 5.74. The van der Waals surface area contributed by atoms with Crippen LogP contribution in [0.1, 0.15) is 16.7 Å². The predicted octanol–water partition coefficient (Wildman–Crippen LogP) is 3.56. The van der Waals surface area contributed by atoms with Crippen molar-refractivity contribution in [2.75, 3.05) is 19.7 Å². The number of fused-ring (bicyclic) bond motifs is 1. The van der Waals surface area contributed by atoms with Crippen molar-refractivity contribution in [1.29, 1.82) is 0 Å². The van der Waals surface area contributed by atoms with Crippen molar-refractivity contribution in [2.45, 2.75) is 19.1 Å². The van der Waals surface area contributed by atoms with Crippen molar-refractivity contribution < 1.29 is 27.8 Å². The molecule has 0 fully saturated rings. The maximum absolute atomic E-state index is 12.6. The SMILES string of the molecule is O=C(NCCc1ccc(C(F)(F)F)cc1)N1CCOc2cc(O)ccc2C1. The molecule has 8 heteroatoms. The second-order valence-electron chi connectivity index (χ2n) is 6.24. The van der Waals surface area contributed by atoms with Crippen molar-refractivity contribution in [2.24, 2.45) is 0 Å². The van der Waals surface area contributed by atoms with Gasteiger partial charge >= 0.3 is 12.2 Å². The summed E-state index contributed by atoms with van der Waals surface area (Å²) in [6.07, 6.45) is -3.92. The number of amides is 2. The number of hydrogen-bond acceptors (Lipinski definition) is 3. The van der Waals surface area contributed by atoms with Crippen LogP contribution in [0.3, 0.4) is 0 Å². The molecule has 1 aliphatic rings. The smallest absolute Gasteiger partial charge is 0.416 e. The van der Waals surface area contributed by atoms with Gasteiger partial charge in [0.25, 0.3) is 0 Å². The minimum Gasteiger partial charge on any atom is -0.508 e. The monoisotopic (exact) mass is 380 g/mol. The second-order valence-corrected chi connectivity index (χ2v) is 6.24.